The maximum atomic E-state index is 11.3. The van der Waals surface area contributed by atoms with Crippen LogP contribution in [0.25, 0.3) is 0 Å². The fraction of sp³-hybridized carbons (Fsp3) is 0.545. The number of primary amides is 1. The van der Waals surface area contributed by atoms with E-state index in [4.69, 9.17) is 11.5 Å². The Morgan fingerprint density at radius 1 is 1.53 bits per heavy atom. The van der Waals surface area contributed by atoms with Crippen molar-refractivity contribution < 1.29 is 4.79 Å². The van der Waals surface area contributed by atoms with Gasteiger partial charge in [0.2, 0.25) is 5.91 Å². The van der Waals surface area contributed by atoms with Crippen LogP contribution in [0.15, 0.2) is 12.4 Å². The Hall–Kier alpha value is -1.69. The summed E-state index contributed by atoms with van der Waals surface area (Å²) in [6, 6.07) is 0. The van der Waals surface area contributed by atoms with Crippen LogP contribution >= 0.6 is 0 Å². The van der Waals surface area contributed by atoms with Crippen molar-refractivity contribution in [3.63, 3.8) is 0 Å². The normalized spacial score (nSPS) is 25.0. The van der Waals surface area contributed by atoms with Gasteiger partial charge in [0.1, 0.15) is 5.82 Å². The van der Waals surface area contributed by atoms with Crippen molar-refractivity contribution in [2.75, 3.05) is 18.8 Å². The van der Waals surface area contributed by atoms with Crippen LogP contribution in [0, 0.1) is 5.41 Å². The van der Waals surface area contributed by atoms with Crippen LogP contribution in [0.3, 0.4) is 0 Å². The quantitative estimate of drug-likeness (QED) is 0.753. The Kier molecular flexibility index (Phi) is 2.97. The number of aromatic nitrogens is 2. The number of amides is 1. The molecule has 1 aliphatic heterocycles. The van der Waals surface area contributed by atoms with Gasteiger partial charge in [-0.05, 0) is 19.9 Å². The third-order valence-corrected chi connectivity index (χ3v) is 3.26. The van der Waals surface area contributed by atoms with E-state index in [0.717, 1.165) is 18.7 Å². The first kappa shape index (κ1) is 11.8. The molecular formula is C11H17N5O. The van der Waals surface area contributed by atoms with Crippen LogP contribution in [0.1, 0.15) is 19.0 Å². The summed E-state index contributed by atoms with van der Waals surface area (Å²) in [5.41, 5.74) is 11.3. The summed E-state index contributed by atoms with van der Waals surface area (Å²) in [6.45, 7) is 4.11. The summed E-state index contributed by atoms with van der Waals surface area (Å²) in [5.74, 6) is 0.181. The fourth-order valence-electron chi connectivity index (χ4n) is 2.07. The minimum Gasteiger partial charge on any atom is -0.382 e. The Bertz CT molecular complexity index is 418. The molecule has 1 atom stereocenters. The maximum absolute atomic E-state index is 11.3. The number of hydrogen-bond donors (Lipinski definition) is 2. The second-order valence-electron chi connectivity index (χ2n) is 4.82. The molecule has 0 bridgehead atoms. The smallest absolute Gasteiger partial charge is 0.224 e. The number of carbonyl (C=O) groups is 1. The molecule has 0 radical (unpaired) electrons. The van der Waals surface area contributed by atoms with Gasteiger partial charge in [-0.1, -0.05) is 0 Å². The first-order chi connectivity index (χ1) is 7.99. The average Bonchev–Trinajstić information content (AvgIpc) is 2.65. The van der Waals surface area contributed by atoms with Crippen molar-refractivity contribution >= 4 is 11.7 Å². The number of hydrogen-bond acceptors (Lipinski definition) is 5. The molecule has 17 heavy (non-hydrogen) atoms. The van der Waals surface area contributed by atoms with Gasteiger partial charge in [-0.15, -0.1) is 0 Å². The first-order valence-electron chi connectivity index (χ1n) is 5.58. The topological polar surface area (TPSA) is 98.1 Å². The Morgan fingerprint density at radius 3 is 2.82 bits per heavy atom. The first-order valence-corrected chi connectivity index (χ1v) is 5.58. The van der Waals surface area contributed by atoms with E-state index in [2.05, 4.69) is 14.9 Å². The van der Waals surface area contributed by atoms with Gasteiger partial charge in [-0.3, -0.25) is 14.7 Å². The molecule has 0 saturated carbocycles. The molecule has 1 saturated heterocycles. The average molecular weight is 235 g/mol. The molecule has 2 rings (SSSR count). The number of carbonyl (C=O) groups excluding carboxylic acids is 1. The molecule has 2 heterocycles. The van der Waals surface area contributed by atoms with Gasteiger partial charge in [-0.25, -0.2) is 4.98 Å². The zero-order valence-electron chi connectivity index (χ0n) is 9.89. The lowest BCUT2D eigenvalue weighted by Crippen LogP contribution is -2.37. The highest BCUT2D eigenvalue weighted by Crippen LogP contribution is 2.29. The molecule has 0 aromatic carbocycles. The second kappa shape index (κ2) is 4.29. The van der Waals surface area contributed by atoms with Gasteiger partial charge in [0.15, 0.2) is 0 Å². The lowest BCUT2D eigenvalue weighted by molar-refractivity contribution is -0.126. The highest BCUT2D eigenvalue weighted by molar-refractivity contribution is 5.81. The minimum absolute atomic E-state index is 0.233. The third kappa shape index (κ3) is 2.52. The maximum Gasteiger partial charge on any atom is 0.224 e. The summed E-state index contributed by atoms with van der Waals surface area (Å²) in [5, 5.41) is 0. The summed E-state index contributed by atoms with van der Waals surface area (Å²) < 4.78 is 0. The molecule has 92 valence electrons. The van der Waals surface area contributed by atoms with E-state index < -0.39 is 5.41 Å². The van der Waals surface area contributed by atoms with Crippen molar-refractivity contribution in [1.29, 1.82) is 0 Å². The highest BCUT2D eigenvalue weighted by Gasteiger charge is 2.38. The van der Waals surface area contributed by atoms with Crippen molar-refractivity contribution in [2.45, 2.75) is 19.9 Å². The third-order valence-electron chi connectivity index (χ3n) is 3.26. The van der Waals surface area contributed by atoms with Gasteiger partial charge in [0.25, 0.3) is 0 Å². The molecule has 1 fully saturated rings. The zero-order chi connectivity index (χ0) is 12.5. The molecule has 6 heteroatoms. The molecule has 1 aromatic rings. The lowest BCUT2D eigenvalue weighted by Gasteiger charge is -2.20. The van der Waals surface area contributed by atoms with E-state index in [1.165, 1.54) is 0 Å². The van der Waals surface area contributed by atoms with Crippen molar-refractivity contribution in [1.82, 2.24) is 14.9 Å². The van der Waals surface area contributed by atoms with E-state index in [9.17, 15) is 4.79 Å². The van der Waals surface area contributed by atoms with Gasteiger partial charge in [0.05, 0.1) is 23.5 Å². The Morgan fingerprint density at radius 2 is 2.29 bits per heavy atom. The molecule has 1 aromatic heterocycles. The van der Waals surface area contributed by atoms with Crippen LogP contribution in [-0.4, -0.2) is 33.9 Å². The monoisotopic (exact) mass is 235 g/mol. The van der Waals surface area contributed by atoms with Crippen LogP contribution in [0.2, 0.25) is 0 Å². The molecule has 0 aliphatic carbocycles. The van der Waals surface area contributed by atoms with E-state index in [-0.39, 0.29) is 5.91 Å². The Labute approximate surface area is 100 Å². The van der Waals surface area contributed by atoms with E-state index in [1.807, 2.05) is 6.92 Å². The Balaban J connectivity index is 1.98. The van der Waals surface area contributed by atoms with Gasteiger partial charge < -0.3 is 11.5 Å². The molecule has 0 spiro atoms. The van der Waals surface area contributed by atoms with E-state index >= 15 is 0 Å². The van der Waals surface area contributed by atoms with Crippen LogP contribution < -0.4 is 11.5 Å². The summed E-state index contributed by atoms with van der Waals surface area (Å²) in [6.07, 6.45) is 4.00. The van der Waals surface area contributed by atoms with Crippen LogP contribution in [0.5, 0.6) is 0 Å². The molecule has 4 N–H and O–H groups in total. The predicted molar refractivity (Wildman–Crippen MR) is 63.6 cm³/mol. The second-order valence-corrected chi connectivity index (χ2v) is 4.82. The van der Waals surface area contributed by atoms with Crippen molar-refractivity contribution in [2.24, 2.45) is 11.1 Å². The number of nitrogens with zero attached hydrogens (tertiary/aromatic N) is 3. The number of nitrogen functional groups attached to an aromatic ring is 1. The zero-order valence-corrected chi connectivity index (χ0v) is 9.89. The number of anilines is 1. The van der Waals surface area contributed by atoms with E-state index in [1.54, 1.807) is 12.4 Å². The molecule has 1 amide bonds. The molecule has 6 nitrogen and oxygen atoms in total. The van der Waals surface area contributed by atoms with Gasteiger partial charge in [-0.2, -0.15) is 0 Å². The summed E-state index contributed by atoms with van der Waals surface area (Å²) in [7, 11) is 0. The van der Waals surface area contributed by atoms with Crippen LogP contribution in [-0.2, 0) is 11.3 Å². The standard InChI is InChI=1S/C11H17N5O/c1-11(10(13)17)2-3-16(7-11)6-8-4-15-9(12)5-14-8/h4-5H,2-3,6-7H2,1H3,(H2,12,15)(H2,13,17). The molecule has 1 aliphatic rings. The fourth-order valence-corrected chi connectivity index (χ4v) is 2.07. The number of rotatable bonds is 3. The van der Waals surface area contributed by atoms with Crippen molar-refractivity contribution in [3.8, 4) is 0 Å². The van der Waals surface area contributed by atoms with Gasteiger partial charge in [0, 0.05) is 13.1 Å². The lowest BCUT2D eigenvalue weighted by atomic mass is 9.89. The molecule has 1 unspecified atom stereocenters. The predicted octanol–water partition coefficient (Wildman–Crippen LogP) is -0.244. The summed E-state index contributed by atoms with van der Waals surface area (Å²) in [4.78, 5) is 21.7. The minimum atomic E-state index is -0.415. The number of likely N-dealkylation sites (tertiary alicyclic amines) is 1. The van der Waals surface area contributed by atoms with Crippen LogP contribution in [0.4, 0.5) is 5.82 Å². The van der Waals surface area contributed by atoms with Gasteiger partial charge >= 0.3 is 0 Å². The highest BCUT2D eigenvalue weighted by atomic mass is 16.1. The van der Waals surface area contributed by atoms with Crippen molar-refractivity contribution in [3.05, 3.63) is 18.1 Å². The molecular weight excluding hydrogens is 218 g/mol. The number of nitrogens with two attached hydrogens (primary N) is 2. The van der Waals surface area contributed by atoms with E-state index in [0.29, 0.717) is 18.9 Å². The largest absolute Gasteiger partial charge is 0.382 e. The summed E-state index contributed by atoms with van der Waals surface area (Å²) >= 11 is 0. The SMILES string of the molecule is CC1(C(N)=O)CCN(Cc2cnc(N)cn2)C1.